The van der Waals surface area contributed by atoms with Crippen molar-refractivity contribution in [2.24, 2.45) is 0 Å². The highest BCUT2D eigenvalue weighted by molar-refractivity contribution is 7.98. The van der Waals surface area contributed by atoms with Gasteiger partial charge in [-0.25, -0.2) is 13.1 Å². The topological polar surface area (TPSA) is 63.2 Å². The Hall–Kier alpha value is -2.35. The molecule has 0 atom stereocenters. The van der Waals surface area contributed by atoms with Crippen molar-refractivity contribution in [3.05, 3.63) is 88.8 Å². The Kier molecular flexibility index (Phi) is 6.72. The van der Waals surface area contributed by atoms with Gasteiger partial charge in [-0.2, -0.15) is 0 Å². The molecule has 4 nitrogen and oxygen atoms in total. The lowest BCUT2D eigenvalue weighted by Crippen LogP contribution is -2.28. The van der Waals surface area contributed by atoms with Crippen LogP contribution in [0.25, 0.3) is 6.08 Å². The van der Waals surface area contributed by atoms with Crippen LogP contribution in [0, 0.1) is 0 Å². The van der Waals surface area contributed by atoms with Gasteiger partial charge in [0.05, 0.1) is 0 Å². The van der Waals surface area contributed by atoms with Crippen LogP contribution < -0.4 is 4.72 Å². The van der Waals surface area contributed by atoms with Crippen molar-refractivity contribution in [2.75, 3.05) is 6.26 Å². The molecule has 0 radical (unpaired) electrons. The molecule has 0 aliphatic rings. The molecule has 0 bridgehead atoms. The summed E-state index contributed by atoms with van der Waals surface area (Å²) in [5, 5.41) is 1.65. The molecule has 0 fully saturated rings. The van der Waals surface area contributed by atoms with Gasteiger partial charge in [0.2, 0.25) is 0 Å². The summed E-state index contributed by atoms with van der Waals surface area (Å²) in [7, 11) is -3.82. The number of thioether (sulfide) groups is 1. The number of thiophene rings is 1. The zero-order chi connectivity index (χ0) is 20.0. The second kappa shape index (κ2) is 9.23. The average molecular weight is 430 g/mol. The Morgan fingerprint density at radius 2 is 1.82 bits per heavy atom. The first-order chi connectivity index (χ1) is 13.5. The highest BCUT2D eigenvalue weighted by Gasteiger charge is 2.16. The van der Waals surface area contributed by atoms with Crippen LogP contribution in [0.15, 0.2) is 81.2 Å². The third kappa shape index (κ3) is 5.34. The van der Waals surface area contributed by atoms with E-state index < -0.39 is 15.9 Å². The Bertz CT molecular complexity index is 1070. The third-order valence-electron chi connectivity index (χ3n) is 4.02. The maximum Gasteiger partial charge on any atom is 0.273 e. The predicted octanol–water partition coefficient (Wildman–Crippen LogP) is 4.58. The largest absolute Gasteiger partial charge is 0.273 e. The SMILES string of the molecule is CSc1ccc(Cc2ccccc2C=CC(=O)NS(=O)(=O)c2cccs2)cc1. The first kappa shape index (κ1) is 20.4. The van der Waals surface area contributed by atoms with Gasteiger partial charge < -0.3 is 0 Å². The van der Waals surface area contributed by atoms with Crippen LogP contribution in [-0.4, -0.2) is 20.6 Å². The standard InChI is InChI=1S/C21H19NO3S3/c1-26-19-11-8-16(9-12-19)15-18-6-3-2-5-17(18)10-13-20(23)22-28(24,25)21-7-4-14-27-21/h2-14H,15H2,1H3,(H,22,23). The summed E-state index contributed by atoms with van der Waals surface area (Å²) in [6.45, 7) is 0. The fourth-order valence-corrected chi connectivity index (χ4v) is 4.97. The summed E-state index contributed by atoms with van der Waals surface area (Å²) < 4.78 is 26.4. The highest BCUT2D eigenvalue weighted by Crippen LogP contribution is 2.20. The van der Waals surface area contributed by atoms with Crippen molar-refractivity contribution >= 4 is 45.1 Å². The minimum absolute atomic E-state index is 0.114. The smallest absolute Gasteiger partial charge is 0.269 e. The highest BCUT2D eigenvalue weighted by atomic mass is 32.2. The molecule has 0 saturated heterocycles. The van der Waals surface area contributed by atoms with Crippen LogP contribution in [0.2, 0.25) is 0 Å². The lowest BCUT2D eigenvalue weighted by molar-refractivity contribution is -0.114. The quantitative estimate of drug-likeness (QED) is 0.441. The molecule has 0 spiro atoms. The molecule has 144 valence electrons. The van der Waals surface area contributed by atoms with E-state index >= 15 is 0 Å². The molecule has 1 amide bonds. The number of hydrogen-bond acceptors (Lipinski definition) is 5. The van der Waals surface area contributed by atoms with Crippen LogP contribution in [0.1, 0.15) is 16.7 Å². The minimum Gasteiger partial charge on any atom is -0.269 e. The first-order valence-corrected chi connectivity index (χ1v) is 12.1. The molecule has 0 aliphatic carbocycles. The number of carbonyl (C=O) groups is 1. The van der Waals surface area contributed by atoms with Crippen LogP contribution in [0.4, 0.5) is 0 Å². The van der Waals surface area contributed by atoms with Crippen LogP contribution in [0.5, 0.6) is 0 Å². The molecule has 3 rings (SSSR count). The Morgan fingerprint density at radius 1 is 1.07 bits per heavy atom. The van der Waals surface area contributed by atoms with E-state index in [1.807, 2.05) is 30.5 Å². The van der Waals surface area contributed by atoms with Crippen molar-refractivity contribution in [2.45, 2.75) is 15.5 Å². The normalized spacial score (nSPS) is 11.6. The monoisotopic (exact) mass is 429 g/mol. The molecule has 1 N–H and O–H groups in total. The van der Waals surface area contributed by atoms with Crippen LogP contribution >= 0.6 is 23.1 Å². The maximum atomic E-state index is 12.1. The fraction of sp³-hybridized carbons (Fsp3) is 0.0952. The maximum absolute atomic E-state index is 12.1. The van der Waals surface area contributed by atoms with E-state index in [2.05, 4.69) is 29.0 Å². The summed E-state index contributed by atoms with van der Waals surface area (Å²) in [5.74, 6) is -0.674. The zero-order valence-corrected chi connectivity index (χ0v) is 17.6. The Balaban J connectivity index is 1.72. The summed E-state index contributed by atoms with van der Waals surface area (Å²) in [6, 6.07) is 19.2. The lowest BCUT2D eigenvalue weighted by atomic mass is 9.99. The summed E-state index contributed by atoms with van der Waals surface area (Å²) in [6.07, 6.45) is 5.66. The summed E-state index contributed by atoms with van der Waals surface area (Å²) >= 11 is 2.76. The van der Waals surface area contributed by atoms with Gasteiger partial charge in [0.15, 0.2) is 0 Å². The second-order valence-corrected chi connectivity index (χ2v) is 9.70. The lowest BCUT2D eigenvalue weighted by Gasteiger charge is -2.07. The number of hydrogen-bond donors (Lipinski definition) is 1. The van der Waals surface area contributed by atoms with Gasteiger partial charge in [0, 0.05) is 11.0 Å². The van der Waals surface area contributed by atoms with E-state index in [9.17, 15) is 13.2 Å². The summed E-state index contributed by atoms with van der Waals surface area (Å²) in [5.41, 5.74) is 3.10. The fourth-order valence-electron chi connectivity index (χ4n) is 2.62. The van der Waals surface area contributed by atoms with E-state index in [0.717, 1.165) is 28.9 Å². The number of benzene rings is 2. The molecule has 0 saturated carbocycles. The van der Waals surface area contributed by atoms with E-state index in [4.69, 9.17) is 0 Å². The number of carbonyl (C=O) groups excluding carboxylic acids is 1. The van der Waals surface area contributed by atoms with Gasteiger partial charge in [0.1, 0.15) is 4.21 Å². The van der Waals surface area contributed by atoms with Crippen molar-refractivity contribution in [3.63, 3.8) is 0 Å². The second-order valence-electron chi connectivity index (χ2n) is 5.96. The number of amides is 1. The number of sulfonamides is 1. The zero-order valence-electron chi connectivity index (χ0n) is 15.2. The van der Waals surface area contributed by atoms with Gasteiger partial charge in [-0.15, -0.1) is 23.1 Å². The average Bonchev–Trinajstić information content (AvgIpc) is 3.23. The molecule has 7 heteroatoms. The minimum atomic E-state index is -3.82. The molecule has 2 aromatic carbocycles. The molecule has 28 heavy (non-hydrogen) atoms. The molecule has 3 aromatic rings. The number of rotatable bonds is 7. The van der Waals surface area contributed by atoms with Gasteiger partial charge in [-0.3, -0.25) is 4.79 Å². The third-order valence-corrected chi connectivity index (χ3v) is 7.51. The van der Waals surface area contributed by atoms with E-state index in [0.29, 0.717) is 0 Å². The predicted molar refractivity (Wildman–Crippen MR) is 116 cm³/mol. The van der Waals surface area contributed by atoms with Gasteiger partial charge >= 0.3 is 0 Å². The van der Waals surface area contributed by atoms with Crippen molar-refractivity contribution in [1.82, 2.24) is 4.72 Å². The number of nitrogens with one attached hydrogen (secondary N) is 1. The molecule has 1 heterocycles. The van der Waals surface area contributed by atoms with Gasteiger partial charge in [-0.05, 0) is 59.0 Å². The molecule has 1 aromatic heterocycles. The van der Waals surface area contributed by atoms with Crippen LogP contribution in [0.3, 0.4) is 0 Å². The molecule has 0 aliphatic heterocycles. The Morgan fingerprint density at radius 3 is 2.50 bits per heavy atom. The van der Waals surface area contributed by atoms with Crippen molar-refractivity contribution in [3.8, 4) is 0 Å². The van der Waals surface area contributed by atoms with Crippen LogP contribution in [-0.2, 0) is 21.2 Å². The van der Waals surface area contributed by atoms with E-state index in [1.54, 1.807) is 29.3 Å². The molecular formula is C21H19NO3S3. The van der Waals surface area contributed by atoms with E-state index in [-0.39, 0.29) is 4.21 Å². The molecular weight excluding hydrogens is 410 g/mol. The molecule has 0 unspecified atom stereocenters. The summed E-state index contributed by atoms with van der Waals surface area (Å²) in [4.78, 5) is 13.3. The first-order valence-electron chi connectivity index (χ1n) is 8.47. The van der Waals surface area contributed by atoms with E-state index in [1.165, 1.54) is 22.6 Å². The van der Waals surface area contributed by atoms with Gasteiger partial charge in [-0.1, -0.05) is 42.5 Å². The Labute approximate surface area is 173 Å². The van der Waals surface area contributed by atoms with Crippen molar-refractivity contribution in [1.29, 1.82) is 0 Å². The van der Waals surface area contributed by atoms with Gasteiger partial charge in [0.25, 0.3) is 15.9 Å². The van der Waals surface area contributed by atoms with Crippen molar-refractivity contribution < 1.29 is 13.2 Å².